The summed E-state index contributed by atoms with van der Waals surface area (Å²) in [6.07, 6.45) is 0.140. The zero-order valence-corrected chi connectivity index (χ0v) is 8.83. The molecule has 0 unspecified atom stereocenters. The van der Waals surface area contributed by atoms with E-state index in [9.17, 15) is 9.59 Å². The van der Waals surface area contributed by atoms with E-state index in [2.05, 4.69) is 20.5 Å². The van der Waals surface area contributed by atoms with Crippen molar-refractivity contribution in [3.8, 4) is 0 Å². The molecule has 13 heavy (non-hydrogen) atoms. The summed E-state index contributed by atoms with van der Waals surface area (Å²) in [5.41, 5.74) is 0. The normalized spacial score (nSPS) is 12.2. The van der Waals surface area contributed by atoms with E-state index in [0.717, 1.165) is 0 Å². The van der Waals surface area contributed by atoms with Crippen molar-refractivity contribution in [2.24, 2.45) is 0 Å². The molecule has 0 rings (SSSR count). The van der Waals surface area contributed by atoms with Gasteiger partial charge in [0.05, 0.1) is 6.61 Å². The largest absolute Gasteiger partial charge is 0.481 e. The van der Waals surface area contributed by atoms with E-state index in [-0.39, 0.29) is 19.4 Å². The lowest BCUT2D eigenvalue weighted by atomic mass is 10.2. The minimum absolute atomic E-state index is 0.0674. The van der Waals surface area contributed by atoms with E-state index in [4.69, 9.17) is 9.84 Å². The van der Waals surface area contributed by atoms with Gasteiger partial charge < -0.3 is 9.84 Å². The smallest absolute Gasteiger partial charge is 0.323 e. The highest BCUT2D eigenvalue weighted by Crippen LogP contribution is 2.01. The molecule has 2 N–H and O–H groups in total. The number of nitrogens with one attached hydrogen (secondary N) is 1. The van der Waals surface area contributed by atoms with E-state index >= 15 is 0 Å². The van der Waals surface area contributed by atoms with Crippen LogP contribution < -0.4 is 4.34 Å². The number of ether oxygens (including phenoxy) is 1. The number of esters is 1. The number of carbonyl (C=O) groups excluding carboxylic acids is 1. The molecule has 0 aliphatic heterocycles. The van der Waals surface area contributed by atoms with Crippen LogP contribution in [0.15, 0.2) is 0 Å². The monoisotopic (exact) mass is 253 g/mol. The molecule has 0 aliphatic rings. The lowest BCUT2D eigenvalue weighted by Crippen LogP contribution is -2.32. The Hall–Kier alpha value is -0.620. The van der Waals surface area contributed by atoms with Crippen LogP contribution in [0.5, 0.6) is 0 Å². The van der Waals surface area contributed by atoms with Crippen LogP contribution in [0.3, 0.4) is 0 Å². The molecule has 0 aromatic heterocycles. The Balaban J connectivity index is 3.87. The SMILES string of the molecule is CCOC(=O)[C@H](CCC(=O)O)NBr. The summed E-state index contributed by atoms with van der Waals surface area (Å²) in [5.74, 6) is -1.38. The van der Waals surface area contributed by atoms with Crippen molar-refractivity contribution < 1.29 is 19.4 Å². The van der Waals surface area contributed by atoms with E-state index in [1.807, 2.05) is 0 Å². The third-order valence-corrected chi connectivity index (χ3v) is 1.90. The Morgan fingerprint density at radius 3 is 2.62 bits per heavy atom. The molecular weight excluding hydrogens is 242 g/mol. The third-order valence-electron chi connectivity index (χ3n) is 1.35. The predicted octanol–water partition coefficient (Wildman–Crippen LogP) is 0.682. The quantitative estimate of drug-likeness (QED) is 0.538. The summed E-state index contributed by atoms with van der Waals surface area (Å²) < 4.78 is 7.22. The molecule has 6 heteroatoms. The van der Waals surface area contributed by atoms with Gasteiger partial charge in [0.25, 0.3) is 0 Å². The summed E-state index contributed by atoms with van der Waals surface area (Å²) in [6, 6.07) is -0.601. The fourth-order valence-electron chi connectivity index (χ4n) is 0.728. The topological polar surface area (TPSA) is 75.6 Å². The van der Waals surface area contributed by atoms with Crippen molar-refractivity contribution in [1.29, 1.82) is 0 Å². The van der Waals surface area contributed by atoms with Crippen LogP contribution in [0.2, 0.25) is 0 Å². The van der Waals surface area contributed by atoms with Crippen molar-refractivity contribution in [3.63, 3.8) is 0 Å². The van der Waals surface area contributed by atoms with Gasteiger partial charge in [0.15, 0.2) is 0 Å². The third kappa shape index (κ3) is 5.59. The summed E-state index contributed by atoms with van der Waals surface area (Å²) in [6.45, 7) is 1.98. The predicted molar refractivity (Wildman–Crippen MR) is 49.4 cm³/mol. The van der Waals surface area contributed by atoms with Gasteiger partial charge in [-0.3, -0.25) is 9.59 Å². The van der Waals surface area contributed by atoms with Gasteiger partial charge in [0.2, 0.25) is 0 Å². The maximum Gasteiger partial charge on any atom is 0.323 e. The first kappa shape index (κ1) is 12.4. The molecule has 0 saturated heterocycles. The van der Waals surface area contributed by atoms with E-state index in [0.29, 0.717) is 0 Å². The Kier molecular flexibility index (Phi) is 6.52. The summed E-state index contributed by atoms with van der Waals surface area (Å²) in [5, 5.41) is 8.37. The van der Waals surface area contributed by atoms with Gasteiger partial charge in [-0.05, 0) is 13.3 Å². The molecule has 0 heterocycles. The van der Waals surface area contributed by atoms with Crippen molar-refractivity contribution >= 4 is 28.1 Å². The summed E-state index contributed by atoms with van der Waals surface area (Å²) in [7, 11) is 0. The van der Waals surface area contributed by atoms with Crippen molar-refractivity contribution in [3.05, 3.63) is 0 Å². The second kappa shape index (κ2) is 6.85. The highest BCUT2D eigenvalue weighted by Gasteiger charge is 2.18. The molecule has 0 aromatic rings. The van der Waals surface area contributed by atoms with Crippen LogP contribution in [0.4, 0.5) is 0 Å². The number of aliphatic carboxylic acids is 1. The van der Waals surface area contributed by atoms with E-state index < -0.39 is 18.0 Å². The lowest BCUT2D eigenvalue weighted by Gasteiger charge is -2.11. The van der Waals surface area contributed by atoms with Gasteiger partial charge in [-0.1, -0.05) is 0 Å². The van der Waals surface area contributed by atoms with Crippen LogP contribution in [0.25, 0.3) is 0 Å². The minimum atomic E-state index is -0.933. The van der Waals surface area contributed by atoms with Gasteiger partial charge in [-0.15, -0.1) is 0 Å². The molecule has 0 radical (unpaired) electrons. The molecule has 0 amide bonds. The second-order valence-electron chi connectivity index (χ2n) is 2.35. The standard InChI is InChI=1S/C7H12BrNO4/c1-2-13-7(12)5(9-8)3-4-6(10)11/h5,9H,2-4H2,1H3,(H,10,11)/t5-/m0/s1. The maximum atomic E-state index is 11.1. The zero-order valence-electron chi connectivity index (χ0n) is 7.25. The lowest BCUT2D eigenvalue weighted by molar-refractivity contribution is -0.145. The molecule has 5 nitrogen and oxygen atoms in total. The number of hydrogen-bond donors (Lipinski definition) is 2. The molecule has 0 aliphatic carbocycles. The average molecular weight is 254 g/mol. The Labute approximate surface area is 84.8 Å². The van der Waals surface area contributed by atoms with Gasteiger partial charge in [-0.2, -0.15) is 0 Å². The minimum Gasteiger partial charge on any atom is -0.481 e. The summed E-state index contributed by atoms with van der Waals surface area (Å²) in [4.78, 5) is 21.3. The average Bonchev–Trinajstić information content (AvgIpc) is 2.05. The Morgan fingerprint density at radius 1 is 1.62 bits per heavy atom. The highest BCUT2D eigenvalue weighted by molar-refractivity contribution is 9.08. The van der Waals surface area contributed by atoms with Crippen molar-refractivity contribution in [1.82, 2.24) is 4.34 Å². The van der Waals surface area contributed by atoms with Crippen LogP contribution >= 0.6 is 16.1 Å². The Bertz CT molecular complexity index is 185. The molecule has 0 spiro atoms. The van der Waals surface area contributed by atoms with Crippen LogP contribution in [0.1, 0.15) is 19.8 Å². The first-order valence-corrected chi connectivity index (χ1v) is 4.65. The van der Waals surface area contributed by atoms with Crippen LogP contribution in [-0.2, 0) is 14.3 Å². The maximum absolute atomic E-state index is 11.1. The molecule has 0 aromatic carbocycles. The number of rotatable bonds is 6. The number of carbonyl (C=O) groups is 2. The number of hydrogen-bond acceptors (Lipinski definition) is 4. The number of carboxylic acid groups (broad SMARTS) is 1. The first-order valence-electron chi connectivity index (χ1n) is 3.86. The molecule has 0 fully saturated rings. The van der Waals surface area contributed by atoms with Gasteiger partial charge >= 0.3 is 11.9 Å². The molecular formula is C7H12BrNO4. The molecule has 76 valence electrons. The van der Waals surface area contributed by atoms with Crippen molar-refractivity contribution in [2.75, 3.05) is 6.61 Å². The second-order valence-corrected chi connectivity index (χ2v) is 2.80. The fraction of sp³-hybridized carbons (Fsp3) is 0.714. The molecule has 0 saturated carbocycles. The number of halogens is 1. The van der Waals surface area contributed by atoms with Crippen molar-refractivity contribution in [2.45, 2.75) is 25.8 Å². The van der Waals surface area contributed by atoms with Crippen LogP contribution in [0, 0.1) is 0 Å². The first-order chi connectivity index (χ1) is 6.11. The van der Waals surface area contributed by atoms with E-state index in [1.54, 1.807) is 6.92 Å². The molecule has 1 atom stereocenters. The van der Waals surface area contributed by atoms with Gasteiger partial charge in [0.1, 0.15) is 6.04 Å². The van der Waals surface area contributed by atoms with Crippen LogP contribution in [-0.4, -0.2) is 29.7 Å². The van der Waals surface area contributed by atoms with E-state index in [1.165, 1.54) is 0 Å². The summed E-state index contributed by atoms with van der Waals surface area (Å²) >= 11 is 2.89. The van der Waals surface area contributed by atoms with Gasteiger partial charge in [-0.25, -0.2) is 4.34 Å². The number of carboxylic acids is 1. The zero-order chi connectivity index (χ0) is 10.3. The highest BCUT2D eigenvalue weighted by atomic mass is 79.9. The Morgan fingerprint density at radius 2 is 2.23 bits per heavy atom. The van der Waals surface area contributed by atoms with Gasteiger partial charge in [0, 0.05) is 22.6 Å². The molecule has 0 bridgehead atoms. The fourth-order valence-corrected chi connectivity index (χ4v) is 1.14.